The molecule has 2 rings (SSSR count). The second-order valence-electron chi connectivity index (χ2n) is 4.34. The first-order valence-electron chi connectivity index (χ1n) is 5.84. The molecule has 2 heterocycles. The molecule has 2 unspecified atom stereocenters. The Bertz CT molecular complexity index is 554. The van der Waals surface area contributed by atoms with E-state index in [1.807, 2.05) is 6.92 Å². The van der Waals surface area contributed by atoms with Gasteiger partial charge in [0.15, 0.2) is 5.15 Å². The standard InChI is InChI=1S/C11H14ClFN2O3/c1-2-7-6(3-4-18-7)5-15-10(16)8(13)9(12)14-11(15)17/h6-7H,2-5H2,1H3,(H,14,17). The van der Waals surface area contributed by atoms with E-state index in [2.05, 4.69) is 4.98 Å². The highest BCUT2D eigenvalue weighted by Gasteiger charge is 2.28. The van der Waals surface area contributed by atoms with Gasteiger partial charge in [-0.1, -0.05) is 18.5 Å². The first kappa shape index (κ1) is 13.3. The largest absolute Gasteiger partial charge is 0.378 e. The van der Waals surface area contributed by atoms with E-state index >= 15 is 0 Å². The van der Waals surface area contributed by atoms with Crippen LogP contribution in [0.1, 0.15) is 19.8 Å². The Hall–Kier alpha value is -1.14. The van der Waals surface area contributed by atoms with Crippen LogP contribution in [0.5, 0.6) is 0 Å². The van der Waals surface area contributed by atoms with Crippen LogP contribution in [-0.2, 0) is 11.3 Å². The van der Waals surface area contributed by atoms with Gasteiger partial charge in [0.05, 0.1) is 6.10 Å². The average molecular weight is 277 g/mol. The summed E-state index contributed by atoms with van der Waals surface area (Å²) >= 11 is 5.40. The third kappa shape index (κ3) is 2.35. The zero-order chi connectivity index (χ0) is 13.3. The molecule has 0 aliphatic carbocycles. The Kier molecular flexibility index (Phi) is 3.87. The van der Waals surface area contributed by atoms with Crippen molar-refractivity contribution in [3.63, 3.8) is 0 Å². The van der Waals surface area contributed by atoms with Gasteiger partial charge in [-0.2, -0.15) is 4.39 Å². The fourth-order valence-corrected chi connectivity index (χ4v) is 2.44. The van der Waals surface area contributed by atoms with Crippen LogP contribution in [0.3, 0.4) is 0 Å². The number of hydrogen-bond donors (Lipinski definition) is 1. The van der Waals surface area contributed by atoms with Crippen molar-refractivity contribution in [3.8, 4) is 0 Å². The van der Waals surface area contributed by atoms with Crippen molar-refractivity contribution in [2.45, 2.75) is 32.4 Å². The maximum Gasteiger partial charge on any atom is 0.329 e. The second kappa shape index (κ2) is 5.24. The van der Waals surface area contributed by atoms with E-state index in [1.165, 1.54) is 0 Å². The van der Waals surface area contributed by atoms with Crippen molar-refractivity contribution in [1.82, 2.24) is 9.55 Å². The molecule has 0 spiro atoms. The lowest BCUT2D eigenvalue weighted by atomic mass is 10.00. The summed E-state index contributed by atoms with van der Waals surface area (Å²) in [5.41, 5.74) is -1.67. The molecule has 2 atom stereocenters. The van der Waals surface area contributed by atoms with Gasteiger partial charge in [-0.15, -0.1) is 0 Å². The lowest BCUT2D eigenvalue weighted by Crippen LogP contribution is -2.40. The molecule has 1 aromatic heterocycles. The molecule has 100 valence electrons. The van der Waals surface area contributed by atoms with Crippen LogP contribution in [-0.4, -0.2) is 22.3 Å². The zero-order valence-corrected chi connectivity index (χ0v) is 10.7. The Morgan fingerprint density at radius 3 is 2.94 bits per heavy atom. The molecule has 0 bridgehead atoms. The van der Waals surface area contributed by atoms with Crippen LogP contribution in [0.25, 0.3) is 0 Å². The third-order valence-corrected chi connectivity index (χ3v) is 3.51. The molecule has 0 aromatic carbocycles. The molecule has 1 aliphatic heterocycles. The Morgan fingerprint density at radius 2 is 2.28 bits per heavy atom. The SMILES string of the molecule is CCC1OCCC1Cn1c(=O)[nH]c(Cl)c(F)c1=O. The van der Waals surface area contributed by atoms with Gasteiger partial charge in [0, 0.05) is 19.1 Å². The summed E-state index contributed by atoms with van der Waals surface area (Å²) in [6.45, 7) is 2.73. The summed E-state index contributed by atoms with van der Waals surface area (Å²) in [5, 5.41) is -0.545. The predicted octanol–water partition coefficient (Wildman–Crippen LogP) is 1.14. The molecule has 7 heteroatoms. The Balaban J connectivity index is 2.33. The molecule has 1 aliphatic rings. The van der Waals surface area contributed by atoms with Crippen LogP contribution >= 0.6 is 11.6 Å². The van der Waals surface area contributed by atoms with E-state index in [0.29, 0.717) is 6.61 Å². The molecule has 1 saturated heterocycles. The summed E-state index contributed by atoms with van der Waals surface area (Å²) in [4.78, 5) is 25.4. The van der Waals surface area contributed by atoms with Crippen molar-refractivity contribution in [2.75, 3.05) is 6.61 Å². The fraction of sp³-hybridized carbons (Fsp3) is 0.636. The van der Waals surface area contributed by atoms with Crippen LogP contribution in [0.4, 0.5) is 4.39 Å². The molecule has 1 fully saturated rings. The van der Waals surface area contributed by atoms with Gasteiger partial charge in [0.25, 0.3) is 5.56 Å². The van der Waals surface area contributed by atoms with E-state index in [-0.39, 0.29) is 18.6 Å². The lowest BCUT2D eigenvalue weighted by Gasteiger charge is -2.17. The summed E-state index contributed by atoms with van der Waals surface area (Å²) in [6.07, 6.45) is 1.57. The van der Waals surface area contributed by atoms with Crippen molar-refractivity contribution >= 4 is 11.6 Å². The van der Waals surface area contributed by atoms with Gasteiger partial charge in [0.1, 0.15) is 0 Å². The minimum absolute atomic E-state index is 0.00930. The van der Waals surface area contributed by atoms with Gasteiger partial charge < -0.3 is 4.74 Å². The topological polar surface area (TPSA) is 64.1 Å². The number of H-pyrrole nitrogens is 1. The number of aromatic amines is 1. The first-order chi connectivity index (χ1) is 8.54. The summed E-state index contributed by atoms with van der Waals surface area (Å²) in [7, 11) is 0. The minimum Gasteiger partial charge on any atom is -0.378 e. The van der Waals surface area contributed by atoms with Crippen LogP contribution in [0.15, 0.2) is 9.59 Å². The molecular formula is C11H14ClFN2O3. The average Bonchev–Trinajstić information content (AvgIpc) is 2.79. The Morgan fingerprint density at radius 1 is 1.56 bits per heavy atom. The highest BCUT2D eigenvalue weighted by molar-refractivity contribution is 6.29. The van der Waals surface area contributed by atoms with Gasteiger partial charge in [0.2, 0.25) is 5.82 Å². The van der Waals surface area contributed by atoms with Crippen LogP contribution < -0.4 is 11.2 Å². The number of nitrogens with zero attached hydrogens (tertiary/aromatic N) is 1. The molecule has 5 nitrogen and oxygen atoms in total. The van der Waals surface area contributed by atoms with Gasteiger partial charge in [-0.25, -0.2) is 4.79 Å². The maximum absolute atomic E-state index is 13.4. The number of nitrogens with one attached hydrogen (secondary N) is 1. The molecule has 1 N–H and O–H groups in total. The Labute approximate surface area is 108 Å². The second-order valence-corrected chi connectivity index (χ2v) is 4.72. The van der Waals surface area contributed by atoms with Gasteiger partial charge >= 0.3 is 5.69 Å². The first-order valence-corrected chi connectivity index (χ1v) is 6.22. The number of aromatic nitrogens is 2. The molecule has 1 aromatic rings. The number of rotatable bonds is 3. The smallest absolute Gasteiger partial charge is 0.329 e. The van der Waals surface area contributed by atoms with E-state index < -0.39 is 22.2 Å². The molecule has 0 saturated carbocycles. The van der Waals surface area contributed by atoms with Crippen molar-refractivity contribution < 1.29 is 9.13 Å². The highest BCUT2D eigenvalue weighted by atomic mass is 35.5. The minimum atomic E-state index is -1.12. The summed E-state index contributed by atoms with van der Waals surface area (Å²) in [6, 6.07) is 0. The zero-order valence-electron chi connectivity index (χ0n) is 9.91. The molecule has 0 amide bonds. The van der Waals surface area contributed by atoms with Gasteiger partial charge in [-0.05, 0) is 12.8 Å². The molecule has 18 heavy (non-hydrogen) atoms. The summed E-state index contributed by atoms with van der Waals surface area (Å²) < 4.78 is 19.7. The maximum atomic E-state index is 13.4. The third-order valence-electron chi connectivity index (χ3n) is 3.25. The van der Waals surface area contributed by atoms with E-state index in [1.54, 1.807) is 0 Å². The fourth-order valence-electron chi connectivity index (χ4n) is 2.27. The van der Waals surface area contributed by atoms with Crippen molar-refractivity contribution in [1.29, 1.82) is 0 Å². The monoisotopic (exact) mass is 276 g/mol. The normalized spacial score (nSPS) is 23.5. The highest BCUT2D eigenvalue weighted by Crippen LogP contribution is 2.24. The molecule has 0 radical (unpaired) electrons. The van der Waals surface area contributed by atoms with E-state index in [0.717, 1.165) is 17.4 Å². The number of ether oxygens (including phenoxy) is 1. The van der Waals surface area contributed by atoms with Crippen molar-refractivity contribution in [3.05, 3.63) is 31.8 Å². The number of hydrogen-bond acceptors (Lipinski definition) is 3. The van der Waals surface area contributed by atoms with Gasteiger partial charge in [-0.3, -0.25) is 14.3 Å². The van der Waals surface area contributed by atoms with E-state index in [4.69, 9.17) is 16.3 Å². The van der Waals surface area contributed by atoms with Crippen LogP contribution in [0, 0.1) is 11.7 Å². The molecular weight excluding hydrogens is 263 g/mol. The number of halogens is 2. The quantitative estimate of drug-likeness (QED) is 0.842. The lowest BCUT2D eigenvalue weighted by molar-refractivity contribution is 0.0828. The van der Waals surface area contributed by atoms with E-state index in [9.17, 15) is 14.0 Å². The van der Waals surface area contributed by atoms with Crippen molar-refractivity contribution in [2.24, 2.45) is 5.92 Å². The summed E-state index contributed by atoms with van der Waals surface area (Å²) in [5.74, 6) is -1.07. The van der Waals surface area contributed by atoms with Crippen LogP contribution in [0.2, 0.25) is 5.15 Å². The predicted molar refractivity (Wildman–Crippen MR) is 64.4 cm³/mol.